The minimum atomic E-state index is -0.758. The molecule has 1 saturated heterocycles. The average Bonchev–Trinajstić information content (AvgIpc) is 2.62. The topological polar surface area (TPSA) is 32.3 Å². The number of piperidine rings is 1. The molecule has 0 saturated carbocycles. The molecule has 1 aliphatic rings. The largest absolute Gasteiger partial charge is 0.348 e. The Morgan fingerprint density at radius 2 is 1.73 bits per heavy atom. The first-order valence-corrected chi connectivity index (χ1v) is 9.07. The standard InChI is InChI=1S/C21H24F2N2O/c1-15-4-2-3-9-25(15)14-17-7-5-16(6-8-17)13-24-21(26)18-10-19(22)12-20(23)11-18/h5-8,10-12,15H,2-4,9,13-14H2,1H3,(H,24,26). The van der Waals surface area contributed by atoms with Gasteiger partial charge in [-0.25, -0.2) is 8.78 Å². The van der Waals surface area contributed by atoms with Gasteiger partial charge in [-0.3, -0.25) is 9.69 Å². The highest BCUT2D eigenvalue weighted by Gasteiger charge is 2.18. The second-order valence-corrected chi connectivity index (χ2v) is 6.97. The highest BCUT2D eigenvalue weighted by molar-refractivity contribution is 5.94. The van der Waals surface area contributed by atoms with Crippen molar-refractivity contribution in [3.8, 4) is 0 Å². The van der Waals surface area contributed by atoms with Gasteiger partial charge in [-0.2, -0.15) is 0 Å². The molecule has 0 radical (unpaired) electrons. The van der Waals surface area contributed by atoms with Gasteiger partial charge in [0, 0.05) is 30.8 Å². The van der Waals surface area contributed by atoms with Crippen LogP contribution in [-0.4, -0.2) is 23.4 Å². The fourth-order valence-electron chi connectivity index (χ4n) is 3.36. The Morgan fingerprint density at radius 3 is 2.38 bits per heavy atom. The van der Waals surface area contributed by atoms with Crippen molar-refractivity contribution < 1.29 is 13.6 Å². The predicted octanol–water partition coefficient (Wildman–Crippen LogP) is 4.27. The number of likely N-dealkylation sites (tertiary alicyclic amines) is 1. The first-order valence-electron chi connectivity index (χ1n) is 9.07. The summed E-state index contributed by atoms with van der Waals surface area (Å²) in [4.78, 5) is 14.5. The van der Waals surface area contributed by atoms with Gasteiger partial charge in [0.15, 0.2) is 0 Å². The number of halogens is 2. The van der Waals surface area contributed by atoms with Gasteiger partial charge in [0.1, 0.15) is 11.6 Å². The summed E-state index contributed by atoms with van der Waals surface area (Å²) in [7, 11) is 0. The lowest BCUT2D eigenvalue weighted by Gasteiger charge is -2.33. The third-order valence-corrected chi connectivity index (χ3v) is 4.93. The van der Waals surface area contributed by atoms with Gasteiger partial charge < -0.3 is 5.32 Å². The van der Waals surface area contributed by atoms with Crippen LogP contribution in [0, 0.1) is 11.6 Å². The Morgan fingerprint density at radius 1 is 1.08 bits per heavy atom. The van der Waals surface area contributed by atoms with Crippen molar-refractivity contribution in [2.24, 2.45) is 0 Å². The van der Waals surface area contributed by atoms with Crippen LogP contribution in [0.5, 0.6) is 0 Å². The Kier molecular flexibility index (Phi) is 5.99. The van der Waals surface area contributed by atoms with Gasteiger partial charge in [-0.05, 0) is 49.6 Å². The number of hydrogen-bond acceptors (Lipinski definition) is 2. The minimum Gasteiger partial charge on any atom is -0.348 e. The molecule has 5 heteroatoms. The summed E-state index contributed by atoms with van der Waals surface area (Å²) in [6.07, 6.45) is 3.82. The molecule has 1 amide bonds. The number of benzene rings is 2. The fourth-order valence-corrected chi connectivity index (χ4v) is 3.36. The van der Waals surface area contributed by atoms with Crippen molar-refractivity contribution >= 4 is 5.91 Å². The third-order valence-electron chi connectivity index (χ3n) is 4.93. The molecule has 1 atom stereocenters. The monoisotopic (exact) mass is 358 g/mol. The molecule has 0 aromatic heterocycles. The first-order chi connectivity index (χ1) is 12.5. The summed E-state index contributed by atoms with van der Waals surface area (Å²) in [5.74, 6) is -2.01. The van der Waals surface area contributed by atoms with Gasteiger partial charge in [0.25, 0.3) is 5.91 Å². The number of nitrogens with zero attached hydrogens (tertiary/aromatic N) is 1. The Balaban J connectivity index is 1.54. The molecule has 3 rings (SSSR count). The molecule has 26 heavy (non-hydrogen) atoms. The van der Waals surface area contributed by atoms with Crippen LogP contribution >= 0.6 is 0 Å². The molecule has 0 aliphatic carbocycles. The van der Waals surface area contributed by atoms with Gasteiger partial charge in [0.05, 0.1) is 0 Å². The van der Waals surface area contributed by atoms with Crippen LogP contribution < -0.4 is 5.32 Å². The van der Waals surface area contributed by atoms with Crippen molar-refractivity contribution in [3.05, 3.63) is 70.8 Å². The number of carbonyl (C=O) groups excluding carboxylic acids is 1. The summed E-state index contributed by atoms with van der Waals surface area (Å²) in [6.45, 7) is 4.68. The zero-order valence-corrected chi connectivity index (χ0v) is 15.0. The fraction of sp³-hybridized carbons (Fsp3) is 0.381. The lowest BCUT2D eigenvalue weighted by Crippen LogP contribution is -2.36. The summed E-state index contributed by atoms with van der Waals surface area (Å²) in [6, 6.07) is 11.5. The lowest BCUT2D eigenvalue weighted by molar-refractivity contribution is 0.0950. The predicted molar refractivity (Wildman–Crippen MR) is 97.7 cm³/mol. The molecule has 1 unspecified atom stereocenters. The first kappa shape index (κ1) is 18.5. The van der Waals surface area contributed by atoms with Crippen LogP contribution in [0.25, 0.3) is 0 Å². The number of amides is 1. The van der Waals surface area contributed by atoms with E-state index < -0.39 is 17.5 Å². The third kappa shape index (κ3) is 4.88. The van der Waals surface area contributed by atoms with Crippen molar-refractivity contribution in [1.82, 2.24) is 10.2 Å². The summed E-state index contributed by atoms with van der Waals surface area (Å²) in [5, 5.41) is 2.69. The van der Waals surface area contributed by atoms with E-state index in [1.165, 1.54) is 24.8 Å². The number of nitrogens with one attached hydrogen (secondary N) is 1. The number of rotatable bonds is 5. The molecule has 1 heterocycles. The number of hydrogen-bond donors (Lipinski definition) is 1. The number of carbonyl (C=O) groups is 1. The van der Waals surface area contributed by atoms with Crippen LogP contribution in [-0.2, 0) is 13.1 Å². The molecule has 2 aromatic carbocycles. The van der Waals surface area contributed by atoms with Crippen LogP contribution in [0.3, 0.4) is 0 Å². The molecule has 1 aliphatic heterocycles. The molecule has 1 fully saturated rings. The van der Waals surface area contributed by atoms with E-state index in [1.807, 2.05) is 12.1 Å². The van der Waals surface area contributed by atoms with E-state index in [0.29, 0.717) is 12.6 Å². The van der Waals surface area contributed by atoms with E-state index in [1.54, 1.807) is 0 Å². The molecule has 1 N–H and O–H groups in total. The van der Waals surface area contributed by atoms with E-state index in [4.69, 9.17) is 0 Å². The maximum atomic E-state index is 13.2. The van der Waals surface area contributed by atoms with Gasteiger partial charge in [0.2, 0.25) is 0 Å². The maximum absolute atomic E-state index is 13.2. The minimum absolute atomic E-state index is 0.0155. The van der Waals surface area contributed by atoms with E-state index in [9.17, 15) is 13.6 Å². The van der Waals surface area contributed by atoms with Crippen molar-refractivity contribution in [3.63, 3.8) is 0 Å². The lowest BCUT2D eigenvalue weighted by atomic mass is 10.0. The molecule has 0 bridgehead atoms. The van der Waals surface area contributed by atoms with Crippen LogP contribution in [0.2, 0.25) is 0 Å². The molecule has 3 nitrogen and oxygen atoms in total. The van der Waals surface area contributed by atoms with Crippen molar-refractivity contribution in [2.45, 2.75) is 45.3 Å². The summed E-state index contributed by atoms with van der Waals surface area (Å²) >= 11 is 0. The Labute approximate surface area is 153 Å². The second-order valence-electron chi connectivity index (χ2n) is 6.97. The van der Waals surface area contributed by atoms with Gasteiger partial charge in [-0.1, -0.05) is 30.7 Å². The van der Waals surface area contributed by atoms with E-state index in [0.717, 1.165) is 36.9 Å². The molecular weight excluding hydrogens is 334 g/mol. The highest BCUT2D eigenvalue weighted by atomic mass is 19.1. The van der Waals surface area contributed by atoms with Gasteiger partial charge >= 0.3 is 0 Å². The van der Waals surface area contributed by atoms with Gasteiger partial charge in [-0.15, -0.1) is 0 Å². The zero-order valence-electron chi connectivity index (χ0n) is 15.0. The smallest absolute Gasteiger partial charge is 0.251 e. The van der Waals surface area contributed by atoms with Crippen molar-refractivity contribution in [1.29, 1.82) is 0 Å². The Hall–Kier alpha value is -2.27. The Bertz CT molecular complexity index is 741. The van der Waals surface area contributed by atoms with E-state index in [2.05, 4.69) is 29.3 Å². The van der Waals surface area contributed by atoms with E-state index in [-0.39, 0.29) is 5.56 Å². The van der Waals surface area contributed by atoms with E-state index >= 15 is 0 Å². The van der Waals surface area contributed by atoms with Crippen LogP contribution in [0.1, 0.15) is 47.7 Å². The normalized spacial score (nSPS) is 17.9. The van der Waals surface area contributed by atoms with Crippen LogP contribution in [0.4, 0.5) is 8.78 Å². The SMILES string of the molecule is CC1CCCCN1Cc1ccc(CNC(=O)c2cc(F)cc(F)c2)cc1. The molecule has 2 aromatic rings. The maximum Gasteiger partial charge on any atom is 0.251 e. The summed E-state index contributed by atoms with van der Waals surface area (Å²) < 4.78 is 26.4. The highest BCUT2D eigenvalue weighted by Crippen LogP contribution is 2.19. The average molecular weight is 358 g/mol. The second kappa shape index (κ2) is 8.41. The van der Waals surface area contributed by atoms with Crippen LogP contribution in [0.15, 0.2) is 42.5 Å². The quantitative estimate of drug-likeness (QED) is 0.866. The molecule has 0 spiro atoms. The molecule has 138 valence electrons. The molecular formula is C21H24F2N2O. The van der Waals surface area contributed by atoms with Crippen molar-refractivity contribution in [2.75, 3.05) is 6.54 Å². The zero-order chi connectivity index (χ0) is 18.5. The summed E-state index contributed by atoms with van der Waals surface area (Å²) in [5.41, 5.74) is 2.19.